The Labute approximate surface area is 340 Å². The number of para-hydroxylation sites is 1. The SMILES string of the molecule is N=C1C=CC(c2c3ccccc3c(-c3cccnc3)c3ccccc23)=C/C1=N/Nc1ccc(-c2c3ccccc3c(-c3cnc4ccccc4c3)c3ccccc23)cc1. The van der Waals surface area contributed by atoms with Crippen LogP contribution in [0.5, 0.6) is 0 Å². The number of rotatable bonds is 6. The summed E-state index contributed by atoms with van der Waals surface area (Å²) in [6, 6.07) is 57.5. The zero-order valence-electron chi connectivity index (χ0n) is 31.9. The van der Waals surface area contributed by atoms with Crippen LogP contribution in [0.4, 0.5) is 5.69 Å². The van der Waals surface area contributed by atoms with Gasteiger partial charge in [-0.3, -0.25) is 20.8 Å². The maximum absolute atomic E-state index is 8.84. The molecule has 0 atom stereocenters. The third-order valence-corrected chi connectivity index (χ3v) is 11.5. The molecule has 0 unspecified atom stereocenters. The Balaban J connectivity index is 0.968. The predicted octanol–water partition coefficient (Wildman–Crippen LogP) is 13.7. The smallest absolute Gasteiger partial charge is 0.109 e. The van der Waals surface area contributed by atoms with Gasteiger partial charge < -0.3 is 0 Å². The molecular formula is C54H35N5. The van der Waals surface area contributed by atoms with Crippen molar-refractivity contribution in [2.45, 2.75) is 0 Å². The van der Waals surface area contributed by atoms with Crippen molar-refractivity contribution in [1.29, 1.82) is 5.41 Å². The van der Waals surface area contributed by atoms with Crippen LogP contribution in [0.15, 0.2) is 206 Å². The summed E-state index contributed by atoms with van der Waals surface area (Å²) in [6.45, 7) is 0. The molecule has 0 saturated heterocycles. The lowest BCUT2D eigenvalue weighted by Gasteiger charge is -2.19. The van der Waals surface area contributed by atoms with Crippen LogP contribution < -0.4 is 5.43 Å². The fraction of sp³-hybridized carbons (Fsp3) is 0. The standard InChI is InChI=1S/C54H35N5/c55-48-28-25-36(52-42-16-4-6-18-44(42)53(37-13-11-29-56-32-37)45-19-7-5-17-43(45)52)31-50(48)59-58-39-26-23-34(24-27-39)51-40-14-2-8-20-46(40)54(47-21-9-3-15-41(47)51)38-30-35-12-1-10-22-49(35)57-33-38/h1-33,55,58H/b55-48?,59-50-. The third-order valence-electron chi connectivity index (χ3n) is 11.5. The molecule has 0 fully saturated rings. The lowest BCUT2D eigenvalue weighted by molar-refractivity contribution is 1.33. The predicted molar refractivity (Wildman–Crippen MR) is 248 cm³/mol. The van der Waals surface area contributed by atoms with Gasteiger partial charge in [-0.05, 0) is 119 Å². The lowest BCUT2D eigenvalue weighted by atomic mass is 9.84. The summed E-state index contributed by atoms with van der Waals surface area (Å²) in [7, 11) is 0. The van der Waals surface area contributed by atoms with Crippen molar-refractivity contribution in [3.8, 4) is 33.4 Å². The molecule has 1 aliphatic rings. The van der Waals surface area contributed by atoms with Crippen LogP contribution in [0.3, 0.4) is 0 Å². The molecule has 0 amide bonds. The van der Waals surface area contributed by atoms with Crippen molar-refractivity contribution < 1.29 is 0 Å². The number of pyridine rings is 2. The Kier molecular flexibility index (Phi) is 8.23. The summed E-state index contributed by atoms with van der Waals surface area (Å²) in [5.41, 5.74) is 15.0. The second-order valence-electron chi connectivity index (χ2n) is 14.9. The lowest BCUT2D eigenvalue weighted by Crippen LogP contribution is -2.14. The van der Waals surface area contributed by atoms with Gasteiger partial charge in [-0.15, -0.1) is 0 Å². The molecule has 5 nitrogen and oxygen atoms in total. The van der Waals surface area contributed by atoms with E-state index < -0.39 is 0 Å². The Morgan fingerprint density at radius 1 is 0.458 bits per heavy atom. The van der Waals surface area contributed by atoms with Gasteiger partial charge in [0.1, 0.15) is 5.71 Å². The normalized spacial score (nSPS) is 13.5. The second kappa shape index (κ2) is 14.2. The minimum atomic E-state index is 0.345. The van der Waals surface area contributed by atoms with Gasteiger partial charge in [-0.25, -0.2) is 0 Å². The molecule has 2 N–H and O–H groups in total. The Hall–Kier alpha value is -8.02. The molecule has 0 aliphatic heterocycles. The highest BCUT2D eigenvalue weighted by Crippen LogP contribution is 2.45. The molecule has 8 aromatic carbocycles. The molecule has 0 radical (unpaired) electrons. The van der Waals surface area contributed by atoms with Crippen molar-refractivity contribution in [3.63, 3.8) is 0 Å². The summed E-state index contributed by atoms with van der Waals surface area (Å²) in [5.74, 6) is 0. The minimum Gasteiger partial charge on any atom is -0.299 e. The quantitative estimate of drug-likeness (QED) is 0.101. The Morgan fingerprint density at radius 3 is 1.56 bits per heavy atom. The highest BCUT2D eigenvalue weighted by Gasteiger charge is 2.20. The first-order valence-electron chi connectivity index (χ1n) is 19.8. The van der Waals surface area contributed by atoms with E-state index in [9.17, 15) is 0 Å². The van der Waals surface area contributed by atoms with Crippen LogP contribution >= 0.6 is 0 Å². The number of fused-ring (bicyclic) bond motifs is 5. The molecule has 0 saturated carbocycles. The van der Waals surface area contributed by atoms with Gasteiger partial charge in [0, 0.05) is 35.1 Å². The fourth-order valence-corrected chi connectivity index (χ4v) is 8.84. The van der Waals surface area contributed by atoms with Crippen LogP contribution in [0.25, 0.3) is 92.9 Å². The largest absolute Gasteiger partial charge is 0.299 e. The van der Waals surface area contributed by atoms with E-state index in [-0.39, 0.29) is 0 Å². The molecule has 5 heteroatoms. The first-order chi connectivity index (χ1) is 29.2. The number of hydrogen-bond donors (Lipinski definition) is 2. The van der Waals surface area contributed by atoms with Crippen molar-refractivity contribution in [2.24, 2.45) is 5.10 Å². The third kappa shape index (κ3) is 5.87. The van der Waals surface area contributed by atoms with Crippen molar-refractivity contribution >= 4 is 76.7 Å². The van der Waals surface area contributed by atoms with Crippen molar-refractivity contribution in [3.05, 3.63) is 206 Å². The average Bonchev–Trinajstić information content (AvgIpc) is 3.30. The van der Waals surface area contributed by atoms with Crippen molar-refractivity contribution in [1.82, 2.24) is 9.97 Å². The summed E-state index contributed by atoms with van der Waals surface area (Å²) in [6.07, 6.45) is 11.6. The number of benzene rings is 8. The molecule has 11 rings (SSSR count). The summed E-state index contributed by atoms with van der Waals surface area (Å²) in [5, 5.41) is 24.1. The summed E-state index contributed by atoms with van der Waals surface area (Å²) < 4.78 is 0. The topological polar surface area (TPSA) is 74.0 Å². The maximum atomic E-state index is 8.84. The van der Waals surface area contributed by atoms with Gasteiger partial charge in [-0.1, -0.05) is 140 Å². The number of nitrogens with zero attached hydrogens (tertiary/aromatic N) is 3. The van der Waals surface area contributed by atoms with E-state index in [1.807, 2.05) is 49.0 Å². The highest BCUT2D eigenvalue weighted by molar-refractivity contribution is 6.52. The molecule has 0 bridgehead atoms. The average molecular weight is 754 g/mol. The van der Waals surface area contributed by atoms with Crippen LogP contribution in [0, 0.1) is 5.41 Å². The van der Waals surface area contributed by atoms with Crippen molar-refractivity contribution in [2.75, 3.05) is 5.43 Å². The van der Waals surface area contributed by atoms with Gasteiger partial charge in [0.15, 0.2) is 0 Å². The number of nitrogens with one attached hydrogen (secondary N) is 2. The fourth-order valence-electron chi connectivity index (χ4n) is 8.84. The highest BCUT2D eigenvalue weighted by atomic mass is 15.3. The molecule has 1 aliphatic carbocycles. The number of hydrogen-bond acceptors (Lipinski definition) is 5. The second-order valence-corrected chi connectivity index (χ2v) is 14.9. The van der Waals surface area contributed by atoms with Crippen LogP contribution in [-0.2, 0) is 0 Å². The van der Waals surface area contributed by atoms with E-state index in [0.717, 1.165) is 66.0 Å². The van der Waals surface area contributed by atoms with Crippen LogP contribution in [0.1, 0.15) is 5.56 Å². The van der Waals surface area contributed by atoms with Gasteiger partial charge in [0.25, 0.3) is 0 Å². The van der Waals surface area contributed by atoms with E-state index >= 15 is 0 Å². The summed E-state index contributed by atoms with van der Waals surface area (Å²) in [4.78, 5) is 9.28. The Bertz CT molecular complexity index is 3300. The molecule has 10 aromatic rings. The molecule has 2 heterocycles. The first kappa shape index (κ1) is 34.2. The van der Waals surface area contributed by atoms with Gasteiger partial charge in [0.2, 0.25) is 0 Å². The van der Waals surface area contributed by atoms with Gasteiger partial charge >= 0.3 is 0 Å². The van der Waals surface area contributed by atoms with Gasteiger partial charge in [0.05, 0.1) is 16.9 Å². The number of allylic oxidation sites excluding steroid dienone is 4. The van der Waals surface area contributed by atoms with Crippen LogP contribution in [0.2, 0.25) is 0 Å². The molecule has 2 aromatic heterocycles. The number of aromatic nitrogens is 2. The zero-order chi connectivity index (χ0) is 39.3. The van der Waals surface area contributed by atoms with E-state index in [0.29, 0.717) is 11.4 Å². The monoisotopic (exact) mass is 753 g/mol. The number of anilines is 1. The zero-order valence-corrected chi connectivity index (χ0v) is 31.9. The van der Waals surface area contributed by atoms with E-state index in [4.69, 9.17) is 15.5 Å². The van der Waals surface area contributed by atoms with Gasteiger partial charge in [-0.2, -0.15) is 5.10 Å². The maximum Gasteiger partial charge on any atom is 0.109 e. The van der Waals surface area contributed by atoms with E-state index in [1.54, 1.807) is 0 Å². The molecular weight excluding hydrogens is 719 g/mol. The molecule has 276 valence electrons. The minimum absolute atomic E-state index is 0.345. The molecule has 59 heavy (non-hydrogen) atoms. The Morgan fingerprint density at radius 2 is 0.983 bits per heavy atom. The number of hydrazone groups is 1. The molecule has 0 spiro atoms. The summed E-state index contributed by atoms with van der Waals surface area (Å²) >= 11 is 0. The first-order valence-corrected chi connectivity index (χ1v) is 19.8. The van der Waals surface area contributed by atoms with E-state index in [2.05, 4.69) is 162 Å². The van der Waals surface area contributed by atoms with E-state index in [1.165, 1.54) is 38.2 Å². The van der Waals surface area contributed by atoms with Crippen LogP contribution in [-0.4, -0.2) is 21.4 Å².